The average molecular weight is 295 g/mol. The molecule has 1 fully saturated rings. The summed E-state index contributed by atoms with van der Waals surface area (Å²) in [4.78, 5) is 12.6. The third-order valence-corrected chi connectivity index (χ3v) is 4.35. The van der Waals surface area contributed by atoms with Gasteiger partial charge in [-0.2, -0.15) is 0 Å². The number of ether oxygens (including phenoxy) is 3. The number of fused-ring (bicyclic) bond motifs is 2. The van der Waals surface area contributed by atoms with Gasteiger partial charge in [-0.05, 0) is 11.6 Å². The molecule has 1 aromatic heterocycles. The van der Waals surface area contributed by atoms with Crippen molar-refractivity contribution in [2.24, 2.45) is 0 Å². The Balaban J connectivity index is 2.14. The molecule has 6 heteroatoms. The summed E-state index contributed by atoms with van der Waals surface area (Å²) in [6, 6.07) is 1.94. The molecule has 0 saturated carbocycles. The van der Waals surface area contributed by atoms with E-state index in [1.54, 1.807) is 11.7 Å². The first kappa shape index (κ1) is 14.7. The van der Waals surface area contributed by atoms with Crippen molar-refractivity contribution in [3.63, 3.8) is 0 Å². The van der Waals surface area contributed by atoms with Crippen molar-refractivity contribution in [2.45, 2.75) is 38.2 Å². The summed E-state index contributed by atoms with van der Waals surface area (Å²) in [5.41, 5.74) is 1.87. The minimum atomic E-state index is -0.783. The highest BCUT2D eigenvalue weighted by Gasteiger charge is 2.45. The van der Waals surface area contributed by atoms with Gasteiger partial charge < -0.3 is 23.9 Å². The Kier molecular flexibility index (Phi) is 3.88. The third-order valence-electron chi connectivity index (χ3n) is 4.35. The summed E-state index contributed by atoms with van der Waals surface area (Å²) in [5.74, 6) is -0.760. The summed E-state index contributed by atoms with van der Waals surface area (Å²) < 4.78 is 18.4. The van der Waals surface area contributed by atoms with E-state index in [0.29, 0.717) is 38.3 Å². The number of methoxy groups -OCH3 is 1. The maximum Gasteiger partial charge on any atom is 0.256 e. The molecule has 1 N–H and O–H groups in total. The lowest BCUT2D eigenvalue weighted by molar-refractivity contribution is -0.163. The van der Waals surface area contributed by atoms with Gasteiger partial charge in [0.2, 0.25) is 5.79 Å². The van der Waals surface area contributed by atoms with Crippen molar-refractivity contribution in [1.82, 2.24) is 4.57 Å². The summed E-state index contributed by atoms with van der Waals surface area (Å²) in [6.07, 6.45) is 0.634. The van der Waals surface area contributed by atoms with Crippen molar-refractivity contribution in [3.8, 4) is 0 Å². The molecule has 0 bridgehead atoms. The lowest BCUT2D eigenvalue weighted by Crippen LogP contribution is -2.31. The van der Waals surface area contributed by atoms with E-state index in [9.17, 15) is 9.90 Å². The fourth-order valence-corrected chi connectivity index (χ4v) is 3.32. The van der Waals surface area contributed by atoms with E-state index in [-0.39, 0.29) is 18.1 Å². The molecule has 1 aromatic rings. The van der Waals surface area contributed by atoms with E-state index in [4.69, 9.17) is 14.2 Å². The molecule has 0 aromatic carbocycles. The van der Waals surface area contributed by atoms with E-state index >= 15 is 0 Å². The average Bonchev–Trinajstić information content (AvgIpc) is 3.08. The zero-order valence-electron chi connectivity index (χ0n) is 12.4. The second-order valence-electron chi connectivity index (χ2n) is 5.63. The van der Waals surface area contributed by atoms with E-state index in [1.165, 1.54) is 0 Å². The van der Waals surface area contributed by atoms with Crippen LogP contribution in [-0.4, -0.2) is 36.6 Å². The third kappa shape index (κ3) is 2.23. The lowest BCUT2D eigenvalue weighted by atomic mass is 9.96. The zero-order valence-corrected chi connectivity index (χ0v) is 12.4. The second kappa shape index (κ2) is 5.53. The molecule has 2 aliphatic heterocycles. The minimum absolute atomic E-state index is 0.0230. The Hall–Kier alpha value is -1.21. The molecule has 116 valence electrons. The van der Waals surface area contributed by atoms with E-state index in [2.05, 4.69) is 0 Å². The van der Waals surface area contributed by atoms with Gasteiger partial charge in [0.15, 0.2) is 0 Å². The second-order valence-corrected chi connectivity index (χ2v) is 5.63. The quantitative estimate of drug-likeness (QED) is 0.885. The number of aromatic nitrogens is 1. The molecule has 0 amide bonds. The highest BCUT2D eigenvalue weighted by molar-refractivity contribution is 5.34. The molecule has 3 rings (SSSR count). The van der Waals surface area contributed by atoms with Crippen molar-refractivity contribution < 1.29 is 19.3 Å². The normalized spacial score (nSPS) is 20.9. The molecule has 2 aliphatic rings. The van der Waals surface area contributed by atoms with Crippen molar-refractivity contribution in [1.29, 1.82) is 0 Å². The summed E-state index contributed by atoms with van der Waals surface area (Å²) in [7, 11) is 1.63. The number of aliphatic hydroxyl groups is 1. The SMILES string of the molecule is COCC(C)c1cc2n(c(=O)c1CO)CCC21OCCO1. The van der Waals surface area contributed by atoms with E-state index in [1.807, 2.05) is 13.0 Å². The van der Waals surface area contributed by atoms with Crippen molar-refractivity contribution in [3.05, 3.63) is 33.2 Å². The molecule has 1 unspecified atom stereocenters. The Morgan fingerprint density at radius 1 is 1.48 bits per heavy atom. The standard InChI is InChI=1S/C15H21NO5/c1-10(9-19-2)11-7-13-15(20-5-6-21-15)3-4-16(13)14(18)12(11)8-17/h7,10,17H,3-6,8-9H2,1-2H3. The van der Waals surface area contributed by atoms with Crippen LogP contribution in [0.4, 0.5) is 0 Å². The van der Waals surface area contributed by atoms with Crippen LogP contribution in [0.15, 0.2) is 10.9 Å². The van der Waals surface area contributed by atoms with Gasteiger partial charge in [-0.3, -0.25) is 4.79 Å². The molecular formula is C15H21NO5. The maximum atomic E-state index is 12.6. The van der Waals surface area contributed by atoms with Crippen LogP contribution in [0.1, 0.15) is 36.1 Å². The van der Waals surface area contributed by atoms with Crippen LogP contribution in [0.25, 0.3) is 0 Å². The fraction of sp³-hybridized carbons (Fsp3) is 0.667. The Morgan fingerprint density at radius 3 is 2.81 bits per heavy atom. The molecule has 21 heavy (non-hydrogen) atoms. The molecule has 1 saturated heterocycles. The van der Waals surface area contributed by atoms with Crippen LogP contribution in [0.5, 0.6) is 0 Å². The molecule has 1 spiro atoms. The van der Waals surface area contributed by atoms with Gasteiger partial charge in [0.25, 0.3) is 5.56 Å². The first-order valence-electron chi connectivity index (χ1n) is 7.28. The van der Waals surface area contributed by atoms with Crippen LogP contribution >= 0.6 is 0 Å². The van der Waals surface area contributed by atoms with Gasteiger partial charge in [0.05, 0.1) is 32.1 Å². The Labute approximate surface area is 123 Å². The van der Waals surface area contributed by atoms with Crippen LogP contribution in [0.3, 0.4) is 0 Å². The van der Waals surface area contributed by atoms with Crippen LogP contribution in [0.2, 0.25) is 0 Å². The summed E-state index contributed by atoms with van der Waals surface area (Å²) in [5, 5.41) is 9.59. The topological polar surface area (TPSA) is 69.9 Å². The molecule has 0 aliphatic carbocycles. The smallest absolute Gasteiger partial charge is 0.256 e. The van der Waals surface area contributed by atoms with Gasteiger partial charge in [0, 0.05) is 31.6 Å². The largest absolute Gasteiger partial charge is 0.391 e. The monoisotopic (exact) mass is 295 g/mol. The maximum absolute atomic E-state index is 12.6. The Bertz CT molecular complexity index is 588. The Morgan fingerprint density at radius 2 is 2.19 bits per heavy atom. The predicted molar refractivity (Wildman–Crippen MR) is 75.1 cm³/mol. The van der Waals surface area contributed by atoms with Gasteiger partial charge in [-0.15, -0.1) is 0 Å². The number of pyridine rings is 1. The molecule has 1 atom stereocenters. The molecule has 6 nitrogen and oxygen atoms in total. The van der Waals surface area contributed by atoms with Crippen molar-refractivity contribution >= 4 is 0 Å². The lowest BCUT2D eigenvalue weighted by Gasteiger charge is -2.24. The van der Waals surface area contributed by atoms with Crippen LogP contribution in [-0.2, 0) is 33.1 Å². The fourth-order valence-electron chi connectivity index (χ4n) is 3.32. The number of aliphatic hydroxyl groups excluding tert-OH is 1. The van der Waals surface area contributed by atoms with Crippen molar-refractivity contribution in [2.75, 3.05) is 26.9 Å². The zero-order chi connectivity index (χ0) is 15.0. The minimum Gasteiger partial charge on any atom is -0.391 e. The summed E-state index contributed by atoms with van der Waals surface area (Å²) >= 11 is 0. The highest BCUT2D eigenvalue weighted by Crippen LogP contribution is 2.40. The highest BCUT2D eigenvalue weighted by atomic mass is 16.7. The number of hydrogen-bond acceptors (Lipinski definition) is 5. The van der Waals surface area contributed by atoms with E-state index in [0.717, 1.165) is 11.3 Å². The number of nitrogens with zero attached hydrogens (tertiary/aromatic N) is 1. The predicted octanol–water partition coefficient (Wildman–Crippen LogP) is 0.694. The molecular weight excluding hydrogens is 274 g/mol. The van der Waals surface area contributed by atoms with E-state index < -0.39 is 5.79 Å². The van der Waals surface area contributed by atoms with Crippen LogP contribution < -0.4 is 5.56 Å². The van der Waals surface area contributed by atoms with Gasteiger partial charge in [0.1, 0.15) is 0 Å². The van der Waals surface area contributed by atoms with Gasteiger partial charge >= 0.3 is 0 Å². The number of rotatable bonds is 4. The molecule has 3 heterocycles. The van der Waals surface area contributed by atoms with Gasteiger partial charge in [-0.1, -0.05) is 6.92 Å². The number of hydrogen-bond donors (Lipinski definition) is 1. The first-order chi connectivity index (χ1) is 10.1. The molecule has 0 radical (unpaired) electrons. The summed E-state index contributed by atoms with van der Waals surface area (Å²) in [6.45, 7) is 3.84. The van der Waals surface area contributed by atoms with Gasteiger partial charge in [-0.25, -0.2) is 0 Å². The first-order valence-corrected chi connectivity index (χ1v) is 7.28. The van der Waals surface area contributed by atoms with Crippen LogP contribution in [0, 0.1) is 0 Å².